The number of benzene rings is 1. The van der Waals surface area contributed by atoms with Gasteiger partial charge in [-0.25, -0.2) is 0 Å². The number of para-hydroxylation sites is 1. The molecule has 30 heavy (non-hydrogen) atoms. The van der Waals surface area contributed by atoms with Crippen molar-refractivity contribution in [1.29, 1.82) is 0 Å². The van der Waals surface area contributed by atoms with Crippen LogP contribution in [-0.4, -0.2) is 58.8 Å². The van der Waals surface area contributed by atoms with Gasteiger partial charge in [0.2, 0.25) is 5.78 Å². The molecule has 1 amide bonds. The van der Waals surface area contributed by atoms with Crippen molar-refractivity contribution in [2.24, 2.45) is 0 Å². The first-order valence-electron chi connectivity index (χ1n) is 9.80. The summed E-state index contributed by atoms with van der Waals surface area (Å²) < 4.78 is 5.71. The molecule has 1 atom stereocenters. The van der Waals surface area contributed by atoms with Crippen molar-refractivity contribution in [3.05, 3.63) is 77.5 Å². The number of pyridine rings is 1. The normalized spacial score (nSPS) is 16.8. The number of furan rings is 1. The van der Waals surface area contributed by atoms with Gasteiger partial charge in [0.25, 0.3) is 5.91 Å². The molecule has 1 aromatic carbocycles. The lowest BCUT2D eigenvalue weighted by Crippen LogP contribution is -2.33. The van der Waals surface area contributed by atoms with Crippen molar-refractivity contribution >= 4 is 22.7 Å². The summed E-state index contributed by atoms with van der Waals surface area (Å²) in [4.78, 5) is 34.1. The number of carbonyl (C=O) groups excluding carboxylic acids is 2. The summed E-state index contributed by atoms with van der Waals surface area (Å²) in [6, 6.07) is 13.5. The van der Waals surface area contributed by atoms with Crippen LogP contribution in [0.5, 0.6) is 0 Å². The van der Waals surface area contributed by atoms with Gasteiger partial charge >= 0.3 is 0 Å². The first-order valence-corrected chi connectivity index (χ1v) is 9.80. The number of ketones is 1. The maximum Gasteiger partial charge on any atom is 0.290 e. The van der Waals surface area contributed by atoms with Crippen LogP contribution in [0.2, 0.25) is 0 Å². The number of aliphatic hydroxyl groups excluding tert-OH is 1. The number of carbonyl (C=O) groups is 2. The Balaban J connectivity index is 1.73. The van der Waals surface area contributed by atoms with E-state index in [0.29, 0.717) is 24.2 Å². The van der Waals surface area contributed by atoms with E-state index in [0.717, 1.165) is 11.9 Å². The Bertz CT molecular complexity index is 1080. The molecular weight excluding hydrogens is 382 g/mol. The third kappa shape index (κ3) is 3.59. The van der Waals surface area contributed by atoms with E-state index in [-0.39, 0.29) is 11.3 Å². The minimum absolute atomic E-state index is 0.00242. The van der Waals surface area contributed by atoms with Gasteiger partial charge in [0.15, 0.2) is 11.5 Å². The summed E-state index contributed by atoms with van der Waals surface area (Å²) in [5.41, 5.74) is 1.10. The molecule has 3 heterocycles. The van der Waals surface area contributed by atoms with Crippen molar-refractivity contribution < 1.29 is 19.1 Å². The molecule has 3 aromatic rings. The highest BCUT2D eigenvalue weighted by molar-refractivity contribution is 6.15. The molecule has 1 N–H and O–H groups in total. The Labute approximate surface area is 174 Å². The van der Waals surface area contributed by atoms with Crippen LogP contribution in [0.4, 0.5) is 0 Å². The highest BCUT2D eigenvalue weighted by atomic mass is 16.3. The molecule has 0 bridgehead atoms. The van der Waals surface area contributed by atoms with Gasteiger partial charge < -0.3 is 19.3 Å². The van der Waals surface area contributed by atoms with Gasteiger partial charge in [-0.15, -0.1) is 0 Å². The number of nitrogens with zero attached hydrogens (tertiary/aromatic N) is 3. The first-order chi connectivity index (χ1) is 14.5. The van der Waals surface area contributed by atoms with Crippen molar-refractivity contribution in [2.45, 2.75) is 12.5 Å². The van der Waals surface area contributed by atoms with E-state index in [1.807, 2.05) is 37.2 Å². The summed E-state index contributed by atoms with van der Waals surface area (Å²) in [7, 11) is 3.91. The predicted molar refractivity (Wildman–Crippen MR) is 112 cm³/mol. The van der Waals surface area contributed by atoms with Crippen LogP contribution in [0.25, 0.3) is 11.0 Å². The number of hydrogen-bond acceptors (Lipinski definition) is 6. The van der Waals surface area contributed by atoms with Gasteiger partial charge in [0, 0.05) is 18.1 Å². The Morgan fingerprint density at radius 3 is 2.67 bits per heavy atom. The minimum Gasteiger partial charge on any atom is -0.503 e. The molecule has 0 unspecified atom stereocenters. The van der Waals surface area contributed by atoms with Crippen molar-refractivity contribution in [3.8, 4) is 0 Å². The molecule has 0 spiro atoms. The Hall–Kier alpha value is -3.45. The third-order valence-electron chi connectivity index (χ3n) is 5.17. The van der Waals surface area contributed by atoms with E-state index in [4.69, 9.17) is 4.42 Å². The lowest BCUT2D eigenvalue weighted by Gasteiger charge is -2.26. The fourth-order valence-corrected chi connectivity index (χ4v) is 3.75. The van der Waals surface area contributed by atoms with E-state index in [2.05, 4.69) is 4.98 Å². The van der Waals surface area contributed by atoms with Gasteiger partial charge in [0.1, 0.15) is 11.6 Å². The highest BCUT2D eigenvalue weighted by Gasteiger charge is 2.44. The van der Waals surface area contributed by atoms with Crippen molar-refractivity contribution in [3.63, 3.8) is 0 Å². The number of fused-ring (bicyclic) bond motifs is 1. The number of hydrogen-bond donors (Lipinski definition) is 1. The molecule has 0 aliphatic carbocycles. The molecule has 1 aliphatic heterocycles. The molecule has 2 aromatic heterocycles. The first kappa shape index (κ1) is 19.8. The van der Waals surface area contributed by atoms with Gasteiger partial charge in [-0.3, -0.25) is 14.6 Å². The Morgan fingerprint density at radius 1 is 1.20 bits per heavy atom. The highest BCUT2D eigenvalue weighted by Crippen LogP contribution is 2.38. The lowest BCUT2D eigenvalue weighted by molar-refractivity contribution is -0.129. The number of rotatable bonds is 7. The molecule has 0 saturated heterocycles. The van der Waals surface area contributed by atoms with E-state index in [1.54, 1.807) is 36.5 Å². The zero-order valence-corrected chi connectivity index (χ0v) is 16.9. The predicted octanol–water partition coefficient (Wildman–Crippen LogP) is 3.36. The number of amides is 1. The van der Waals surface area contributed by atoms with Crippen molar-refractivity contribution in [2.75, 3.05) is 27.2 Å². The smallest absolute Gasteiger partial charge is 0.290 e. The molecule has 1 aliphatic rings. The average molecular weight is 405 g/mol. The molecule has 0 saturated carbocycles. The maximum atomic E-state index is 13.4. The lowest BCUT2D eigenvalue weighted by atomic mass is 9.98. The van der Waals surface area contributed by atoms with E-state index in [1.165, 1.54) is 4.90 Å². The summed E-state index contributed by atoms with van der Waals surface area (Å²) in [6.45, 7) is 1.16. The van der Waals surface area contributed by atoms with Crippen LogP contribution in [-0.2, 0) is 4.79 Å². The van der Waals surface area contributed by atoms with Crippen LogP contribution < -0.4 is 0 Å². The quantitative estimate of drug-likeness (QED) is 0.607. The van der Waals surface area contributed by atoms with Crippen LogP contribution >= 0.6 is 0 Å². The zero-order valence-electron chi connectivity index (χ0n) is 16.9. The number of aliphatic hydroxyl groups is 1. The van der Waals surface area contributed by atoms with E-state index >= 15 is 0 Å². The molecule has 0 radical (unpaired) electrons. The third-order valence-corrected chi connectivity index (χ3v) is 5.17. The number of aromatic nitrogens is 1. The van der Waals surface area contributed by atoms with Gasteiger partial charge in [-0.2, -0.15) is 0 Å². The summed E-state index contributed by atoms with van der Waals surface area (Å²) in [5.74, 6) is -1.53. The second-order valence-corrected chi connectivity index (χ2v) is 7.55. The summed E-state index contributed by atoms with van der Waals surface area (Å²) in [6.07, 6.45) is 2.30. The fraction of sp³-hybridized carbons (Fsp3) is 0.261. The summed E-state index contributed by atoms with van der Waals surface area (Å²) >= 11 is 0. The van der Waals surface area contributed by atoms with Crippen LogP contribution in [0.3, 0.4) is 0 Å². The molecule has 0 fully saturated rings. The van der Waals surface area contributed by atoms with Gasteiger partial charge in [-0.1, -0.05) is 24.3 Å². The molecule has 7 nitrogen and oxygen atoms in total. The van der Waals surface area contributed by atoms with E-state index < -0.39 is 23.5 Å². The average Bonchev–Trinajstić information content (AvgIpc) is 3.28. The molecule has 154 valence electrons. The van der Waals surface area contributed by atoms with Crippen LogP contribution in [0, 0.1) is 0 Å². The SMILES string of the molecule is CN(C)CCCN1C(=O)C(O)=C(C(=O)c2cc3ccccc3o2)[C@H]1c1ccccn1. The minimum atomic E-state index is -0.762. The second kappa shape index (κ2) is 8.12. The standard InChI is InChI=1S/C23H23N3O4/c1-25(2)12-7-13-26-20(16-9-5-6-11-24-16)19(22(28)23(26)29)21(27)18-14-15-8-3-4-10-17(15)30-18/h3-6,8-11,14,20,28H,7,12-13H2,1-2H3/t20-/m1/s1. The van der Waals surface area contributed by atoms with Crippen LogP contribution in [0.1, 0.15) is 28.7 Å². The Kier molecular flexibility index (Phi) is 5.37. The maximum absolute atomic E-state index is 13.4. The summed E-state index contributed by atoms with van der Waals surface area (Å²) in [5, 5.41) is 11.4. The monoisotopic (exact) mass is 405 g/mol. The fourth-order valence-electron chi connectivity index (χ4n) is 3.75. The molecule has 7 heteroatoms. The Morgan fingerprint density at radius 2 is 1.97 bits per heavy atom. The topological polar surface area (TPSA) is 86.9 Å². The molecule has 4 rings (SSSR count). The van der Waals surface area contributed by atoms with Crippen molar-refractivity contribution in [1.82, 2.24) is 14.8 Å². The van der Waals surface area contributed by atoms with Gasteiger partial charge in [0.05, 0.1) is 11.3 Å². The molecular formula is C23H23N3O4. The van der Waals surface area contributed by atoms with Gasteiger partial charge in [-0.05, 0) is 51.3 Å². The number of Topliss-reactive ketones (excluding diaryl/α,β-unsaturated/α-hetero) is 1. The van der Waals surface area contributed by atoms with E-state index in [9.17, 15) is 14.7 Å². The largest absolute Gasteiger partial charge is 0.503 e. The van der Waals surface area contributed by atoms with Crippen LogP contribution in [0.15, 0.2) is 70.5 Å². The second-order valence-electron chi connectivity index (χ2n) is 7.55. The zero-order chi connectivity index (χ0) is 21.3.